The Labute approximate surface area is 118 Å². The summed E-state index contributed by atoms with van der Waals surface area (Å²) in [6, 6.07) is -0.938. The lowest BCUT2D eigenvalue weighted by atomic mass is 9.88. The molecule has 0 aromatic rings. The van der Waals surface area contributed by atoms with Crippen LogP contribution in [0.4, 0.5) is 0 Å². The summed E-state index contributed by atoms with van der Waals surface area (Å²) in [5.41, 5.74) is 6.19. The van der Waals surface area contributed by atoms with Gasteiger partial charge < -0.3 is 20.9 Å². The summed E-state index contributed by atoms with van der Waals surface area (Å²) < 4.78 is 5.80. The van der Waals surface area contributed by atoms with Crippen molar-refractivity contribution in [1.82, 2.24) is 5.32 Å². The highest BCUT2D eigenvalue weighted by atomic mass is 16.5. The molecule has 112 valence electrons. The Kier molecular flexibility index (Phi) is 5.91. The van der Waals surface area contributed by atoms with Gasteiger partial charge in [-0.15, -0.1) is 6.58 Å². The van der Waals surface area contributed by atoms with Crippen molar-refractivity contribution in [1.29, 1.82) is 0 Å². The van der Waals surface area contributed by atoms with E-state index in [0.29, 0.717) is 6.42 Å². The molecular formula is C14H22N2O4. The fourth-order valence-electron chi connectivity index (χ4n) is 2.22. The van der Waals surface area contributed by atoms with E-state index in [1.165, 1.54) is 13.0 Å². The van der Waals surface area contributed by atoms with Crippen molar-refractivity contribution < 1.29 is 19.4 Å². The summed E-state index contributed by atoms with van der Waals surface area (Å²) in [5.74, 6) is -1.24. The maximum absolute atomic E-state index is 11.3. The van der Waals surface area contributed by atoms with Crippen LogP contribution in [0, 0.1) is 0 Å². The maximum Gasteiger partial charge on any atom is 0.331 e. The van der Waals surface area contributed by atoms with Crippen LogP contribution < -0.4 is 11.1 Å². The summed E-state index contributed by atoms with van der Waals surface area (Å²) in [6.45, 7) is 7.00. The minimum absolute atomic E-state index is 0.199. The number of hydrogen-bond acceptors (Lipinski definition) is 4. The number of nitrogens with one attached hydrogen (secondary N) is 1. The molecule has 0 saturated heterocycles. The number of nitrogens with two attached hydrogens (primary N) is 1. The highest BCUT2D eigenvalue weighted by Gasteiger charge is 2.35. The first kappa shape index (κ1) is 16.4. The Morgan fingerprint density at radius 1 is 1.70 bits per heavy atom. The number of carboxylic acids is 1. The molecule has 0 fully saturated rings. The van der Waals surface area contributed by atoms with Crippen molar-refractivity contribution in [2.24, 2.45) is 5.73 Å². The Bertz CT molecular complexity index is 419. The number of amides is 1. The minimum Gasteiger partial charge on any atom is -0.478 e. The molecule has 1 amide bonds. The van der Waals surface area contributed by atoms with Crippen molar-refractivity contribution in [3.05, 3.63) is 24.3 Å². The van der Waals surface area contributed by atoms with E-state index < -0.39 is 24.2 Å². The first-order chi connectivity index (χ1) is 9.38. The molecular weight excluding hydrogens is 260 g/mol. The van der Waals surface area contributed by atoms with Gasteiger partial charge in [0, 0.05) is 18.5 Å². The third-order valence-corrected chi connectivity index (χ3v) is 3.28. The molecule has 1 rings (SSSR count). The Balaban J connectivity index is 2.99. The van der Waals surface area contributed by atoms with Gasteiger partial charge in [-0.1, -0.05) is 13.0 Å². The van der Waals surface area contributed by atoms with Gasteiger partial charge in [-0.25, -0.2) is 4.79 Å². The van der Waals surface area contributed by atoms with Crippen LogP contribution in [0.5, 0.6) is 0 Å². The molecule has 6 nitrogen and oxygen atoms in total. The summed E-state index contributed by atoms with van der Waals surface area (Å²) >= 11 is 0. The van der Waals surface area contributed by atoms with Gasteiger partial charge in [-0.3, -0.25) is 4.79 Å². The lowest BCUT2D eigenvalue weighted by molar-refractivity contribution is -0.133. The number of hydrogen-bond donors (Lipinski definition) is 3. The van der Waals surface area contributed by atoms with E-state index in [2.05, 4.69) is 11.9 Å². The fourth-order valence-corrected chi connectivity index (χ4v) is 2.22. The fraction of sp³-hybridized carbons (Fsp3) is 0.571. The largest absolute Gasteiger partial charge is 0.478 e. The summed E-state index contributed by atoms with van der Waals surface area (Å²) in [4.78, 5) is 22.4. The van der Waals surface area contributed by atoms with E-state index in [-0.39, 0.29) is 24.0 Å². The number of carboxylic acid groups (broad SMARTS) is 1. The number of rotatable bonds is 6. The molecule has 1 aliphatic carbocycles. The van der Waals surface area contributed by atoms with Gasteiger partial charge in [-0.05, 0) is 18.9 Å². The third-order valence-electron chi connectivity index (χ3n) is 3.28. The molecule has 0 spiro atoms. The van der Waals surface area contributed by atoms with Crippen molar-refractivity contribution in [2.45, 2.75) is 51.0 Å². The lowest BCUT2D eigenvalue weighted by Crippen LogP contribution is -2.57. The highest BCUT2D eigenvalue weighted by molar-refractivity contribution is 5.87. The van der Waals surface area contributed by atoms with Gasteiger partial charge in [0.1, 0.15) is 0 Å². The van der Waals surface area contributed by atoms with Crippen LogP contribution in [-0.4, -0.2) is 41.3 Å². The number of ether oxygens (including phenoxy) is 1. The molecule has 0 radical (unpaired) electrons. The van der Waals surface area contributed by atoms with Crippen LogP contribution in [0.15, 0.2) is 24.3 Å². The third kappa shape index (κ3) is 4.18. The zero-order valence-electron chi connectivity index (χ0n) is 11.8. The topological polar surface area (TPSA) is 102 Å². The van der Waals surface area contributed by atoms with E-state index in [1.807, 2.05) is 6.92 Å². The molecule has 0 aliphatic heterocycles. The standard InChI is InChI=1S/C14H22N2O4/c1-4-10(5-2)20-12-7-9(14(18)19)6-11(15)13(12)16-8(3)17/h4,7,10-13H,1,5-6,15H2,2-3H3,(H,16,17)(H,18,19)/t10-,11+,12-,13-/m1/s1. The molecule has 0 bridgehead atoms. The predicted octanol–water partition coefficient (Wildman–Crippen LogP) is 0.583. The van der Waals surface area contributed by atoms with E-state index in [0.717, 1.165) is 0 Å². The molecule has 4 atom stereocenters. The maximum atomic E-state index is 11.3. The SMILES string of the molecule is C=C[C@H](CC)O[C@@H]1C=C(C(=O)O)C[C@H](N)[C@H]1NC(C)=O. The molecule has 0 heterocycles. The van der Waals surface area contributed by atoms with Crippen LogP contribution >= 0.6 is 0 Å². The normalized spacial score (nSPS) is 27.4. The Morgan fingerprint density at radius 3 is 2.80 bits per heavy atom. The van der Waals surface area contributed by atoms with Crippen LogP contribution in [0.25, 0.3) is 0 Å². The van der Waals surface area contributed by atoms with Gasteiger partial charge in [0.15, 0.2) is 0 Å². The minimum atomic E-state index is -1.01. The first-order valence-electron chi connectivity index (χ1n) is 6.63. The number of carbonyl (C=O) groups excluding carboxylic acids is 1. The van der Waals surface area contributed by atoms with Gasteiger partial charge in [0.05, 0.1) is 18.2 Å². The molecule has 0 aromatic carbocycles. The summed E-state index contributed by atoms with van der Waals surface area (Å²) in [6.07, 6.45) is 3.30. The Hall–Kier alpha value is -1.66. The molecule has 20 heavy (non-hydrogen) atoms. The Morgan fingerprint density at radius 2 is 2.35 bits per heavy atom. The quantitative estimate of drug-likeness (QED) is 0.619. The smallest absolute Gasteiger partial charge is 0.331 e. The monoisotopic (exact) mass is 282 g/mol. The molecule has 0 aromatic heterocycles. The van der Waals surface area contributed by atoms with Crippen LogP contribution in [0.1, 0.15) is 26.7 Å². The highest BCUT2D eigenvalue weighted by Crippen LogP contribution is 2.22. The van der Waals surface area contributed by atoms with Crippen LogP contribution in [0.3, 0.4) is 0 Å². The lowest BCUT2D eigenvalue weighted by Gasteiger charge is -2.36. The number of aliphatic carboxylic acids is 1. The average Bonchev–Trinajstić information content (AvgIpc) is 2.38. The zero-order chi connectivity index (χ0) is 15.3. The first-order valence-corrected chi connectivity index (χ1v) is 6.63. The van der Waals surface area contributed by atoms with Crippen LogP contribution in [-0.2, 0) is 14.3 Å². The summed E-state index contributed by atoms with van der Waals surface area (Å²) in [5, 5.41) is 11.8. The zero-order valence-corrected chi connectivity index (χ0v) is 11.8. The number of carbonyl (C=O) groups is 2. The average molecular weight is 282 g/mol. The van der Waals surface area contributed by atoms with Gasteiger partial charge >= 0.3 is 5.97 Å². The van der Waals surface area contributed by atoms with Gasteiger partial charge in [0.2, 0.25) is 5.91 Å². The van der Waals surface area contributed by atoms with E-state index in [9.17, 15) is 9.59 Å². The molecule has 0 unspecified atom stereocenters. The second-order valence-electron chi connectivity index (χ2n) is 4.87. The van der Waals surface area contributed by atoms with Crippen molar-refractivity contribution in [2.75, 3.05) is 0 Å². The van der Waals surface area contributed by atoms with E-state index in [4.69, 9.17) is 15.6 Å². The summed E-state index contributed by atoms with van der Waals surface area (Å²) in [7, 11) is 0. The molecule has 4 N–H and O–H groups in total. The molecule has 6 heteroatoms. The van der Waals surface area contributed by atoms with Crippen molar-refractivity contribution in [3.63, 3.8) is 0 Å². The van der Waals surface area contributed by atoms with E-state index >= 15 is 0 Å². The van der Waals surface area contributed by atoms with Crippen molar-refractivity contribution >= 4 is 11.9 Å². The van der Waals surface area contributed by atoms with Crippen LogP contribution in [0.2, 0.25) is 0 Å². The predicted molar refractivity (Wildman–Crippen MR) is 75.1 cm³/mol. The molecule has 1 aliphatic rings. The van der Waals surface area contributed by atoms with Crippen molar-refractivity contribution in [3.8, 4) is 0 Å². The van der Waals surface area contributed by atoms with E-state index in [1.54, 1.807) is 6.08 Å². The second kappa shape index (κ2) is 7.21. The molecule has 0 saturated carbocycles. The van der Waals surface area contributed by atoms with Gasteiger partial charge in [-0.2, -0.15) is 0 Å². The van der Waals surface area contributed by atoms with Gasteiger partial charge in [0.25, 0.3) is 0 Å². The second-order valence-corrected chi connectivity index (χ2v) is 4.87.